The summed E-state index contributed by atoms with van der Waals surface area (Å²) in [5.41, 5.74) is -2.39. The summed E-state index contributed by atoms with van der Waals surface area (Å²) in [6.45, 7) is 0.825. The van der Waals surface area contributed by atoms with E-state index in [1.165, 1.54) is 13.0 Å². The van der Waals surface area contributed by atoms with Crippen molar-refractivity contribution in [1.82, 2.24) is 0 Å². The predicted molar refractivity (Wildman–Crippen MR) is 96.5 cm³/mol. The minimum absolute atomic E-state index is 0.0493. The molecule has 0 aliphatic carbocycles. The Kier molecular flexibility index (Phi) is 7.22. The van der Waals surface area contributed by atoms with E-state index in [9.17, 15) is 32.9 Å². The fourth-order valence-corrected chi connectivity index (χ4v) is 2.46. The summed E-state index contributed by atoms with van der Waals surface area (Å²) in [5, 5.41) is 11.0. The number of benzene rings is 2. The standard InChI is InChI=1S/C18H13ClF3NO7/c1-2-28-15(24)9-29-17(25)11-4-3-5-14(16(11)23(26)27)30-13-7-6-10(8-12(13)19)18(20,21)22/h3-8H,2,9H2,1H3. The lowest BCUT2D eigenvalue weighted by molar-refractivity contribution is -0.386. The second-order valence-electron chi connectivity index (χ2n) is 5.54. The van der Waals surface area contributed by atoms with Gasteiger partial charge in [-0.15, -0.1) is 0 Å². The van der Waals surface area contributed by atoms with Gasteiger partial charge in [-0.3, -0.25) is 10.1 Å². The molecule has 0 bridgehead atoms. The Bertz CT molecular complexity index is 979. The summed E-state index contributed by atoms with van der Waals surface area (Å²) in [4.78, 5) is 34.0. The zero-order valence-electron chi connectivity index (χ0n) is 15.2. The van der Waals surface area contributed by atoms with Crippen LogP contribution in [0.25, 0.3) is 0 Å². The van der Waals surface area contributed by atoms with Crippen LogP contribution in [0.3, 0.4) is 0 Å². The van der Waals surface area contributed by atoms with Gasteiger partial charge in [-0.05, 0) is 37.3 Å². The van der Waals surface area contributed by atoms with Gasteiger partial charge in [0.15, 0.2) is 6.61 Å². The highest BCUT2D eigenvalue weighted by Crippen LogP contribution is 2.39. The highest BCUT2D eigenvalue weighted by molar-refractivity contribution is 6.32. The Balaban J connectivity index is 2.34. The molecule has 0 spiro atoms. The van der Waals surface area contributed by atoms with Crippen LogP contribution in [0.5, 0.6) is 11.5 Å². The summed E-state index contributed by atoms with van der Waals surface area (Å²) in [5.74, 6) is -2.81. The Morgan fingerprint density at radius 1 is 1.13 bits per heavy atom. The number of carbonyl (C=O) groups is 2. The smallest absolute Gasteiger partial charge is 0.416 e. The largest absolute Gasteiger partial charge is 0.463 e. The number of para-hydroxylation sites is 1. The van der Waals surface area contributed by atoms with Gasteiger partial charge in [0.25, 0.3) is 0 Å². The van der Waals surface area contributed by atoms with Crippen LogP contribution in [0.4, 0.5) is 18.9 Å². The zero-order valence-corrected chi connectivity index (χ0v) is 16.0. The fourth-order valence-electron chi connectivity index (χ4n) is 2.24. The first-order chi connectivity index (χ1) is 14.0. The van der Waals surface area contributed by atoms with E-state index < -0.39 is 57.2 Å². The lowest BCUT2D eigenvalue weighted by Gasteiger charge is -2.12. The monoisotopic (exact) mass is 447 g/mol. The predicted octanol–water partition coefficient (Wildman–Crippen LogP) is 4.78. The Morgan fingerprint density at radius 2 is 1.83 bits per heavy atom. The van der Waals surface area contributed by atoms with E-state index in [-0.39, 0.29) is 12.4 Å². The van der Waals surface area contributed by atoms with Crippen LogP contribution in [0, 0.1) is 10.1 Å². The molecule has 0 aromatic heterocycles. The normalized spacial score (nSPS) is 11.0. The van der Waals surface area contributed by atoms with Crippen molar-refractivity contribution in [1.29, 1.82) is 0 Å². The SMILES string of the molecule is CCOC(=O)COC(=O)c1cccc(Oc2ccc(C(F)(F)F)cc2Cl)c1[N+](=O)[O-]. The maximum Gasteiger partial charge on any atom is 0.416 e. The molecule has 2 aromatic carbocycles. The Hall–Kier alpha value is -3.34. The van der Waals surface area contributed by atoms with Crippen LogP contribution in [0.1, 0.15) is 22.8 Å². The fraction of sp³-hybridized carbons (Fsp3) is 0.222. The molecule has 0 N–H and O–H groups in total. The van der Waals surface area contributed by atoms with Crippen LogP contribution in [0.2, 0.25) is 5.02 Å². The molecule has 0 saturated heterocycles. The van der Waals surface area contributed by atoms with Crippen molar-refractivity contribution in [3.05, 3.63) is 62.7 Å². The van der Waals surface area contributed by atoms with Gasteiger partial charge in [0, 0.05) is 0 Å². The molecule has 30 heavy (non-hydrogen) atoms. The number of hydrogen-bond donors (Lipinski definition) is 0. The van der Waals surface area contributed by atoms with Crippen LogP contribution >= 0.6 is 11.6 Å². The molecule has 8 nitrogen and oxygen atoms in total. The van der Waals surface area contributed by atoms with E-state index >= 15 is 0 Å². The molecule has 0 aliphatic rings. The van der Waals surface area contributed by atoms with Crippen molar-refractivity contribution in [2.24, 2.45) is 0 Å². The zero-order chi connectivity index (χ0) is 22.5. The first-order valence-corrected chi connectivity index (χ1v) is 8.57. The van der Waals surface area contributed by atoms with Gasteiger partial charge in [-0.25, -0.2) is 9.59 Å². The number of rotatable bonds is 7. The molecule has 0 unspecified atom stereocenters. The summed E-state index contributed by atoms with van der Waals surface area (Å²) in [6.07, 6.45) is -4.64. The molecule has 0 atom stereocenters. The molecule has 0 saturated carbocycles. The van der Waals surface area contributed by atoms with Crippen molar-refractivity contribution in [3.8, 4) is 11.5 Å². The number of nitro groups is 1. The van der Waals surface area contributed by atoms with E-state index in [4.69, 9.17) is 21.1 Å². The number of hydrogen-bond acceptors (Lipinski definition) is 7. The van der Waals surface area contributed by atoms with Crippen molar-refractivity contribution < 1.29 is 41.9 Å². The number of nitro benzene ring substituents is 1. The third-order valence-electron chi connectivity index (χ3n) is 3.51. The van der Waals surface area contributed by atoms with E-state index in [0.717, 1.165) is 18.2 Å². The first kappa shape index (κ1) is 22.9. The lowest BCUT2D eigenvalue weighted by atomic mass is 10.1. The maximum atomic E-state index is 12.7. The van der Waals surface area contributed by atoms with Crippen molar-refractivity contribution in [2.75, 3.05) is 13.2 Å². The molecule has 12 heteroatoms. The summed E-state index contributed by atoms with van der Waals surface area (Å²) in [6, 6.07) is 5.58. The number of alkyl halides is 3. The van der Waals surface area contributed by atoms with Crippen LogP contribution < -0.4 is 4.74 Å². The number of nitrogens with zero attached hydrogens (tertiary/aromatic N) is 1. The molecular formula is C18H13ClF3NO7. The molecule has 0 heterocycles. The lowest BCUT2D eigenvalue weighted by Crippen LogP contribution is -2.17. The summed E-state index contributed by atoms with van der Waals surface area (Å²) >= 11 is 5.80. The first-order valence-electron chi connectivity index (χ1n) is 8.19. The van der Waals surface area contributed by atoms with Crippen LogP contribution in [-0.4, -0.2) is 30.1 Å². The number of ether oxygens (including phenoxy) is 3. The highest BCUT2D eigenvalue weighted by Gasteiger charge is 2.32. The average Bonchev–Trinajstić information content (AvgIpc) is 2.66. The number of carbonyl (C=O) groups excluding carboxylic acids is 2. The van der Waals surface area contributed by atoms with Gasteiger partial charge in [-0.1, -0.05) is 17.7 Å². The number of halogens is 4. The van der Waals surface area contributed by atoms with Gasteiger partial charge in [0.1, 0.15) is 11.3 Å². The average molecular weight is 448 g/mol. The van der Waals surface area contributed by atoms with E-state index in [1.54, 1.807) is 0 Å². The maximum absolute atomic E-state index is 12.7. The van der Waals surface area contributed by atoms with Crippen LogP contribution in [-0.2, 0) is 20.4 Å². The minimum Gasteiger partial charge on any atom is -0.463 e. The van der Waals surface area contributed by atoms with E-state index in [2.05, 4.69) is 4.74 Å². The molecule has 0 fully saturated rings. The molecule has 0 aliphatic heterocycles. The van der Waals surface area contributed by atoms with Crippen molar-refractivity contribution >= 4 is 29.2 Å². The number of esters is 2. The third-order valence-corrected chi connectivity index (χ3v) is 3.80. The summed E-state index contributed by atoms with van der Waals surface area (Å²) < 4.78 is 52.8. The molecule has 0 amide bonds. The van der Waals surface area contributed by atoms with Gasteiger partial charge in [0.2, 0.25) is 5.75 Å². The van der Waals surface area contributed by atoms with Crippen LogP contribution in [0.15, 0.2) is 36.4 Å². The third kappa shape index (κ3) is 5.60. The van der Waals surface area contributed by atoms with Gasteiger partial charge in [-0.2, -0.15) is 13.2 Å². The molecule has 2 rings (SSSR count). The second kappa shape index (κ2) is 9.44. The second-order valence-corrected chi connectivity index (χ2v) is 5.94. The van der Waals surface area contributed by atoms with Crippen molar-refractivity contribution in [3.63, 3.8) is 0 Å². The molecule has 2 aromatic rings. The summed E-state index contributed by atoms with van der Waals surface area (Å²) in [7, 11) is 0. The van der Waals surface area contributed by atoms with Gasteiger partial charge in [0.05, 0.1) is 22.1 Å². The van der Waals surface area contributed by atoms with E-state index in [0.29, 0.717) is 12.1 Å². The van der Waals surface area contributed by atoms with Crippen molar-refractivity contribution in [2.45, 2.75) is 13.1 Å². The van der Waals surface area contributed by atoms with Gasteiger partial charge >= 0.3 is 23.8 Å². The molecule has 0 radical (unpaired) electrons. The highest BCUT2D eigenvalue weighted by atomic mass is 35.5. The minimum atomic E-state index is -4.64. The van der Waals surface area contributed by atoms with E-state index in [1.807, 2.05) is 0 Å². The topological polar surface area (TPSA) is 105 Å². The molecule has 160 valence electrons. The Labute approximate surface area is 172 Å². The molecular weight excluding hydrogens is 435 g/mol. The Morgan fingerprint density at radius 3 is 2.40 bits per heavy atom. The quantitative estimate of drug-likeness (QED) is 0.341. The van der Waals surface area contributed by atoms with Gasteiger partial charge < -0.3 is 14.2 Å².